The summed E-state index contributed by atoms with van der Waals surface area (Å²) in [7, 11) is 0. The first kappa shape index (κ1) is 12.4. The van der Waals surface area contributed by atoms with Crippen LogP contribution in [0, 0.1) is 6.92 Å². The maximum atomic E-state index is 12.4. The molecule has 0 aliphatic carbocycles. The van der Waals surface area contributed by atoms with Crippen molar-refractivity contribution >= 4 is 17.5 Å². The minimum absolute atomic E-state index is 0.0654. The lowest BCUT2D eigenvalue weighted by molar-refractivity contribution is 0.0736. The summed E-state index contributed by atoms with van der Waals surface area (Å²) in [5, 5.41) is 4.31. The van der Waals surface area contributed by atoms with E-state index in [1.54, 1.807) is 4.68 Å². The highest BCUT2D eigenvalue weighted by atomic mass is 35.5. The Morgan fingerprint density at radius 1 is 1.65 bits per heavy atom. The molecule has 5 heteroatoms. The third-order valence-electron chi connectivity index (χ3n) is 3.24. The van der Waals surface area contributed by atoms with Crippen molar-refractivity contribution in [1.29, 1.82) is 0 Å². The fraction of sp³-hybridized carbons (Fsp3) is 0.667. The first-order valence-corrected chi connectivity index (χ1v) is 6.62. The smallest absolute Gasteiger partial charge is 0.272 e. The Morgan fingerprint density at radius 3 is 3.06 bits per heavy atom. The first-order valence-electron chi connectivity index (χ1n) is 6.08. The van der Waals surface area contributed by atoms with E-state index in [4.69, 9.17) is 11.6 Å². The van der Waals surface area contributed by atoms with Gasteiger partial charge in [0.15, 0.2) is 0 Å². The SMILES string of the molecule is CCn1nc(C)cc1C(=O)N1CCCC1CCl. The summed E-state index contributed by atoms with van der Waals surface area (Å²) in [5.41, 5.74) is 1.57. The molecule has 17 heavy (non-hydrogen) atoms. The zero-order chi connectivity index (χ0) is 12.4. The molecule has 94 valence electrons. The molecule has 0 saturated carbocycles. The lowest BCUT2D eigenvalue weighted by Crippen LogP contribution is -2.37. The van der Waals surface area contributed by atoms with Gasteiger partial charge in [-0.15, -0.1) is 11.6 Å². The first-order chi connectivity index (χ1) is 8.17. The molecule has 0 radical (unpaired) electrons. The Morgan fingerprint density at radius 2 is 2.41 bits per heavy atom. The molecule has 1 aliphatic heterocycles. The molecule has 0 spiro atoms. The molecule has 4 nitrogen and oxygen atoms in total. The average molecular weight is 256 g/mol. The number of nitrogens with zero attached hydrogens (tertiary/aromatic N) is 3. The van der Waals surface area contributed by atoms with Crippen LogP contribution in [0.15, 0.2) is 6.07 Å². The number of carbonyl (C=O) groups excluding carboxylic acids is 1. The third-order valence-corrected chi connectivity index (χ3v) is 3.59. The Balaban J connectivity index is 2.24. The van der Waals surface area contributed by atoms with Crippen LogP contribution < -0.4 is 0 Å². The van der Waals surface area contributed by atoms with Crippen LogP contribution in [0.3, 0.4) is 0 Å². The van der Waals surface area contributed by atoms with Crippen LogP contribution in [0.25, 0.3) is 0 Å². The molecule has 1 aromatic heterocycles. The van der Waals surface area contributed by atoms with Crippen molar-refractivity contribution < 1.29 is 4.79 Å². The molecule has 1 fully saturated rings. The second kappa shape index (κ2) is 5.08. The van der Waals surface area contributed by atoms with E-state index in [1.165, 1.54) is 0 Å². The van der Waals surface area contributed by atoms with E-state index in [0.29, 0.717) is 18.1 Å². The Bertz CT molecular complexity index is 416. The van der Waals surface area contributed by atoms with Gasteiger partial charge in [-0.05, 0) is 32.8 Å². The summed E-state index contributed by atoms with van der Waals surface area (Å²) in [6.07, 6.45) is 2.05. The second-order valence-electron chi connectivity index (χ2n) is 4.44. The number of amides is 1. The van der Waals surface area contributed by atoms with Crippen LogP contribution in [0.4, 0.5) is 0 Å². The van der Waals surface area contributed by atoms with Crippen molar-refractivity contribution in [3.8, 4) is 0 Å². The van der Waals surface area contributed by atoms with Crippen LogP contribution in [-0.2, 0) is 6.54 Å². The number of hydrogen-bond acceptors (Lipinski definition) is 2. The van der Waals surface area contributed by atoms with Crippen molar-refractivity contribution in [3.63, 3.8) is 0 Å². The maximum Gasteiger partial charge on any atom is 0.272 e. The quantitative estimate of drug-likeness (QED) is 0.776. The van der Waals surface area contributed by atoms with Crippen molar-refractivity contribution in [1.82, 2.24) is 14.7 Å². The number of halogens is 1. The molecule has 1 saturated heterocycles. The monoisotopic (exact) mass is 255 g/mol. The minimum Gasteiger partial charge on any atom is -0.333 e. The standard InChI is InChI=1S/C12H18ClN3O/c1-3-16-11(7-9(2)14-16)12(17)15-6-4-5-10(15)8-13/h7,10H,3-6,8H2,1-2H3. The van der Waals surface area contributed by atoms with E-state index in [-0.39, 0.29) is 11.9 Å². The van der Waals surface area contributed by atoms with Gasteiger partial charge < -0.3 is 4.90 Å². The van der Waals surface area contributed by atoms with Crippen molar-refractivity contribution in [2.24, 2.45) is 0 Å². The van der Waals surface area contributed by atoms with Gasteiger partial charge in [-0.1, -0.05) is 0 Å². The van der Waals surface area contributed by atoms with E-state index < -0.39 is 0 Å². The topological polar surface area (TPSA) is 38.1 Å². The number of aromatic nitrogens is 2. The van der Waals surface area contributed by atoms with Gasteiger partial charge in [0.2, 0.25) is 0 Å². The molecule has 1 aromatic rings. The second-order valence-corrected chi connectivity index (χ2v) is 4.74. The summed E-state index contributed by atoms with van der Waals surface area (Å²) in [5.74, 6) is 0.584. The molecule has 1 amide bonds. The van der Waals surface area contributed by atoms with E-state index in [0.717, 1.165) is 25.1 Å². The molecular formula is C12H18ClN3O. The molecule has 2 rings (SSSR count). The Hall–Kier alpha value is -1.03. The highest BCUT2D eigenvalue weighted by molar-refractivity contribution is 6.18. The zero-order valence-corrected chi connectivity index (χ0v) is 11.1. The van der Waals surface area contributed by atoms with Gasteiger partial charge in [0.25, 0.3) is 5.91 Å². The Kier molecular flexibility index (Phi) is 3.72. The van der Waals surface area contributed by atoms with E-state index in [1.807, 2.05) is 24.8 Å². The number of alkyl halides is 1. The Labute approximate surface area is 107 Å². The normalized spacial score (nSPS) is 19.9. The van der Waals surface area contributed by atoms with Crippen LogP contribution in [-0.4, -0.2) is 39.1 Å². The van der Waals surface area contributed by atoms with Crippen molar-refractivity contribution in [2.75, 3.05) is 12.4 Å². The molecule has 1 atom stereocenters. The predicted molar refractivity (Wildman–Crippen MR) is 67.4 cm³/mol. The lowest BCUT2D eigenvalue weighted by Gasteiger charge is -2.22. The number of rotatable bonds is 3. The van der Waals surface area contributed by atoms with Gasteiger partial charge in [0.1, 0.15) is 5.69 Å². The van der Waals surface area contributed by atoms with E-state index in [2.05, 4.69) is 5.10 Å². The highest BCUT2D eigenvalue weighted by Gasteiger charge is 2.30. The number of carbonyl (C=O) groups is 1. The van der Waals surface area contributed by atoms with Gasteiger partial charge in [-0.2, -0.15) is 5.10 Å². The fourth-order valence-electron chi connectivity index (χ4n) is 2.37. The minimum atomic E-state index is 0.0654. The molecule has 2 heterocycles. The molecular weight excluding hydrogens is 238 g/mol. The summed E-state index contributed by atoms with van der Waals surface area (Å²) in [6, 6.07) is 2.04. The summed E-state index contributed by atoms with van der Waals surface area (Å²) in [6.45, 7) is 5.43. The summed E-state index contributed by atoms with van der Waals surface area (Å²) >= 11 is 5.90. The predicted octanol–water partition coefficient (Wildman–Crippen LogP) is 2.05. The van der Waals surface area contributed by atoms with Crippen LogP contribution >= 0.6 is 11.6 Å². The van der Waals surface area contributed by atoms with Crippen LogP contribution in [0.5, 0.6) is 0 Å². The number of aryl methyl sites for hydroxylation is 2. The van der Waals surface area contributed by atoms with Gasteiger partial charge >= 0.3 is 0 Å². The summed E-state index contributed by atoms with van der Waals surface area (Å²) < 4.78 is 1.77. The van der Waals surface area contributed by atoms with E-state index >= 15 is 0 Å². The van der Waals surface area contributed by atoms with Gasteiger partial charge in [0.05, 0.1) is 5.69 Å². The van der Waals surface area contributed by atoms with Gasteiger partial charge in [-0.3, -0.25) is 9.48 Å². The zero-order valence-electron chi connectivity index (χ0n) is 10.3. The van der Waals surface area contributed by atoms with E-state index in [9.17, 15) is 4.79 Å². The molecule has 0 aromatic carbocycles. The highest BCUT2D eigenvalue weighted by Crippen LogP contribution is 2.21. The molecule has 1 unspecified atom stereocenters. The number of hydrogen-bond donors (Lipinski definition) is 0. The maximum absolute atomic E-state index is 12.4. The van der Waals surface area contributed by atoms with Crippen molar-refractivity contribution in [3.05, 3.63) is 17.5 Å². The largest absolute Gasteiger partial charge is 0.333 e. The van der Waals surface area contributed by atoms with Crippen LogP contribution in [0.1, 0.15) is 35.9 Å². The van der Waals surface area contributed by atoms with Gasteiger partial charge in [-0.25, -0.2) is 0 Å². The van der Waals surface area contributed by atoms with Gasteiger partial charge in [0, 0.05) is 25.0 Å². The number of likely N-dealkylation sites (tertiary alicyclic amines) is 1. The third kappa shape index (κ3) is 2.32. The van der Waals surface area contributed by atoms with Crippen molar-refractivity contribution in [2.45, 2.75) is 39.3 Å². The lowest BCUT2D eigenvalue weighted by atomic mass is 10.2. The molecule has 1 aliphatic rings. The molecule has 0 bridgehead atoms. The average Bonchev–Trinajstić information content (AvgIpc) is 2.93. The fourth-order valence-corrected chi connectivity index (χ4v) is 2.69. The van der Waals surface area contributed by atoms with Crippen LogP contribution in [0.2, 0.25) is 0 Å². The molecule has 0 N–H and O–H groups in total. The summed E-state index contributed by atoms with van der Waals surface area (Å²) in [4.78, 5) is 14.3.